The lowest BCUT2D eigenvalue weighted by molar-refractivity contribution is -0.208. The Balaban J connectivity index is 2.48. The van der Waals surface area contributed by atoms with Crippen molar-refractivity contribution in [1.82, 2.24) is 10.2 Å². The standard InChI is InChI=1S/C12H26N2O3/c1-4-13-10-7-8-14(12(15)17-6-3)9-11(10)16-5-2/h10-13,15H,4-9H2,1-3H3. The highest BCUT2D eigenvalue weighted by Crippen LogP contribution is 2.16. The predicted molar refractivity (Wildman–Crippen MR) is 66.7 cm³/mol. The van der Waals surface area contributed by atoms with Gasteiger partial charge >= 0.3 is 0 Å². The summed E-state index contributed by atoms with van der Waals surface area (Å²) in [5.74, 6) is 0. The van der Waals surface area contributed by atoms with E-state index in [9.17, 15) is 5.11 Å². The normalized spacial score (nSPS) is 28.2. The van der Waals surface area contributed by atoms with Gasteiger partial charge in [-0.05, 0) is 26.8 Å². The molecular formula is C12H26N2O3. The molecule has 17 heavy (non-hydrogen) atoms. The molecule has 0 aromatic heterocycles. The summed E-state index contributed by atoms with van der Waals surface area (Å²) in [6.45, 7) is 9.70. The van der Waals surface area contributed by atoms with E-state index in [0.717, 1.165) is 19.5 Å². The molecule has 1 aliphatic rings. The Hall–Kier alpha value is -0.200. The summed E-state index contributed by atoms with van der Waals surface area (Å²) in [5, 5.41) is 13.2. The predicted octanol–water partition coefficient (Wildman–Crippen LogP) is 0.388. The van der Waals surface area contributed by atoms with Crippen molar-refractivity contribution in [2.45, 2.75) is 45.8 Å². The molecule has 1 heterocycles. The molecule has 0 radical (unpaired) electrons. The largest absolute Gasteiger partial charge is 0.376 e. The lowest BCUT2D eigenvalue weighted by atomic mass is 10.0. The number of rotatable bonds is 7. The number of nitrogens with zero attached hydrogens (tertiary/aromatic N) is 1. The molecule has 1 fully saturated rings. The Morgan fingerprint density at radius 2 is 2.12 bits per heavy atom. The van der Waals surface area contributed by atoms with Gasteiger partial charge < -0.3 is 19.9 Å². The monoisotopic (exact) mass is 246 g/mol. The van der Waals surface area contributed by atoms with E-state index in [1.165, 1.54) is 0 Å². The summed E-state index contributed by atoms with van der Waals surface area (Å²) in [6.07, 6.45) is 0.303. The summed E-state index contributed by atoms with van der Waals surface area (Å²) >= 11 is 0. The number of piperidine rings is 1. The Kier molecular flexibility index (Phi) is 6.99. The molecule has 5 heteroatoms. The first-order valence-corrected chi connectivity index (χ1v) is 6.61. The maximum Gasteiger partial charge on any atom is 0.216 e. The van der Waals surface area contributed by atoms with E-state index in [4.69, 9.17) is 9.47 Å². The highest BCUT2D eigenvalue weighted by atomic mass is 16.6. The van der Waals surface area contributed by atoms with Crippen molar-refractivity contribution in [1.29, 1.82) is 0 Å². The topological polar surface area (TPSA) is 54.0 Å². The van der Waals surface area contributed by atoms with Gasteiger partial charge in [0.1, 0.15) is 0 Å². The van der Waals surface area contributed by atoms with Gasteiger partial charge in [0.05, 0.1) is 6.10 Å². The quantitative estimate of drug-likeness (QED) is 0.636. The van der Waals surface area contributed by atoms with Crippen molar-refractivity contribution in [2.24, 2.45) is 0 Å². The van der Waals surface area contributed by atoms with Gasteiger partial charge in [0.2, 0.25) is 6.41 Å². The van der Waals surface area contributed by atoms with E-state index in [-0.39, 0.29) is 6.10 Å². The fourth-order valence-electron chi connectivity index (χ4n) is 2.27. The average molecular weight is 246 g/mol. The minimum atomic E-state index is -0.800. The summed E-state index contributed by atoms with van der Waals surface area (Å²) in [7, 11) is 0. The molecule has 1 rings (SSSR count). The van der Waals surface area contributed by atoms with Gasteiger partial charge in [-0.2, -0.15) is 0 Å². The van der Waals surface area contributed by atoms with Crippen LogP contribution in [0.25, 0.3) is 0 Å². The Morgan fingerprint density at radius 3 is 2.71 bits per heavy atom. The van der Waals surface area contributed by atoms with Crippen LogP contribution in [0.5, 0.6) is 0 Å². The first-order valence-electron chi connectivity index (χ1n) is 6.61. The van der Waals surface area contributed by atoms with E-state index in [1.54, 1.807) is 0 Å². The van der Waals surface area contributed by atoms with Crippen LogP contribution in [0.4, 0.5) is 0 Å². The number of nitrogens with one attached hydrogen (secondary N) is 1. The van der Waals surface area contributed by atoms with E-state index in [1.807, 2.05) is 18.7 Å². The Morgan fingerprint density at radius 1 is 1.35 bits per heavy atom. The summed E-state index contributed by atoms with van der Waals surface area (Å²) in [6, 6.07) is 0.380. The molecule has 102 valence electrons. The molecule has 5 nitrogen and oxygen atoms in total. The summed E-state index contributed by atoms with van der Waals surface area (Å²) < 4.78 is 10.9. The molecule has 0 aliphatic carbocycles. The van der Waals surface area contributed by atoms with Crippen molar-refractivity contribution in [3.63, 3.8) is 0 Å². The molecule has 0 amide bonds. The molecule has 0 spiro atoms. The first kappa shape index (κ1) is 14.9. The highest BCUT2D eigenvalue weighted by Gasteiger charge is 2.32. The smallest absolute Gasteiger partial charge is 0.216 e. The van der Waals surface area contributed by atoms with Crippen LogP contribution in [0.2, 0.25) is 0 Å². The van der Waals surface area contributed by atoms with Gasteiger partial charge in [-0.3, -0.25) is 4.90 Å². The zero-order chi connectivity index (χ0) is 12.7. The second kappa shape index (κ2) is 8.00. The van der Waals surface area contributed by atoms with Crippen LogP contribution in [0.1, 0.15) is 27.2 Å². The maximum absolute atomic E-state index is 9.80. The number of aliphatic hydroxyl groups excluding tert-OH is 1. The van der Waals surface area contributed by atoms with E-state index < -0.39 is 6.41 Å². The number of hydrogen-bond acceptors (Lipinski definition) is 5. The van der Waals surface area contributed by atoms with E-state index in [0.29, 0.717) is 25.8 Å². The Labute approximate surface area is 104 Å². The van der Waals surface area contributed by atoms with Gasteiger partial charge in [0.25, 0.3) is 0 Å². The van der Waals surface area contributed by atoms with Gasteiger partial charge in [0, 0.05) is 32.3 Å². The lowest BCUT2D eigenvalue weighted by Crippen LogP contribution is -2.56. The van der Waals surface area contributed by atoms with Crippen LogP contribution < -0.4 is 5.32 Å². The molecule has 1 aliphatic heterocycles. The van der Waals surface area contributed by atoms with Crippen molar-refractivity contribution >= 4 is 0 Å². The van der Waals surface area contributed by atoms with Crippen LogP contribution in [0, 0.1) is 0 Å². The average Bonchev–Trinajstić information content (AvgIpc) is 2.32. The molecule has 0 aromatic rings. The second-order valence-electron chi connectivity index (χ2n) is 4.22. The third-order valence-corrected chi connectivity index (χ3v) is 3.07. The summed E-state index contributed by atoms with van der Waals surface area (Å²) in [5.41, 5.74) is 0. The molecule has 0 saturated carbocycles. The fourth-order valence-corrected chi connectivity index (χ4v) is 2.27. The number of aliphatic hydroxyl groups is 1. The molecule has 2 N–H and O–H groups in total. The van der Waals surface area contributed by atoms with Crippen LogP contribution in [-0.2, 0) is 9.47 Å². The van der Waals surface area contributed by atoms with Crippen LogP contribution >= 0.6 is 0 Å². The maximum atomic E-state index is 9.80. The van der Waals surface area contributed by atoms with Crippen molar-refractivity contribution < 1.29 is 14.6 Å². The Bertz CT molecular complexity index is 204. The van der Waals surface area contributed by atoms with Crippen LogP contribution in [0.3, 0.4) is 0 Å². The number of ether oxygens (including phenoxy) is 2. The van der Waals surface area contributed by atoms with Crippen molar-refractivity contribution in [3.05, 3.63) is 0 Å². The van der Waals surface area contributed by atoms with Crippen molar-refractivity contribution in [3.8, 4) is 0 Å². The third-order valence-electron chi connectivity index (χ3n) is 3.07. The SMILES string of the molecule is CCNC1CCN(C(O)OCC)CC1OCC. The highest BCUT2D eigenvalue weighted by molar-refractivity contribution is 4.85. The number of hydrogen-bond donors (Lipinski definition) is 2. The minimum absolute atomic E-state index is 0.129. The van der Waals surface area contributed by atoms with Crippen molar-refractivity contribution in [2.75, 3.05) is 32.8 Å². The molecular weight excluding hydrogens is 220 g/mol. The third kappa shape index (κ3) is 4.52. The molecule has 3 unspecified atom stereocenters. The van der Waals surface area contributed by atoms with Gasteiger partial charge in [0.15, 0.2) is 0 Å². The second-order valence-corrected chi connectivity index (χ2v) is 4.22. The molecule has 3 atom stereocenters. The van der Waals surface area contributed by atoms with E-state index in [2.05, 4.69) is 12.2 Å². The fraction of sp³-hybridized carbons (Fsp3) is 1.00. The number of likely N-dealkylation sites (tertiary alicyclic amines) is 1. The molecule has 0 aromatic carbocycles. The van der Waals surface area contributed by atoms with Gasteiger partial charge in [-0.25, -0.2) is 0 Å². The zero-order valence-corrected chi connectivity index (χ0v) is 11.2. The van der Waals surface area contributed by atoms with Crippen LogP contribution in [-0.4, -0.2) is 61.4 Å². The first-order chi connectivity index (χ1) is 8.22. The number of likely N-dealkylation sites (N-methyl/N-ethyl adjacent to an activating group) is 1. The lowest BCUT2D eigenvalue weighted by Gasteiger charge is -2.40. The van der Waals surface area contributed by atoms with Gasteiger partial charge in [-0.1, -0.05) is 6.92 Å². The van der Waals surface area contributed by atoms with E-state index >= 15 is 0 Å². The zero-order valence-electron chi connectivity index (χ0n) is 11.2. The molecule has 1 saturated heterocycles. The minimum Gasteiger partial charge on any atom is -0.376 e. The summed E-state index contributed by atoms with van der Waals surface area (Å²) in [4.78, 5) is 1.93. The van der Waals surface area contributed by atoms with Crippen LogP contribution in [0.15, 0.2) is 0 Å². The molecule has 0 bridgehead atoms. The van der Waals surface area contributed by atoms with Gasteiger partial charge in [-0.15, -0.1) is 0 Å².